The van der Waals surface area contributed by atoms with E-state index in [9.17, 15) is 8.42 Å². The molecule has 1 aromatic rings. The summed E-state index contributed by atoms with van der Waals surface area (Å²) in [5, 5.41) is 0. The van der Waals surface area contributed by atoms with Crippen LogP contribution in [0.15, 0.2) is 30.3 Å². The Labute approximate surface area is 151 Å². The third-order valence-electron chi connectivity index (χ3n) is 4.74. The van der Waals surface area contributed by atoms with Crippen molar-refractivity contribution in [3.8, 4) is 0 Å². The first-order valence-electron chi connectivity index (χ1n) is 7.51. The smallest absolute Gasteiger partial charge is 0.253 e. The van der Waals surface area contributed by atoms with Crippen LogP contribution in [0.1, 0.15) is 37.2 Å². The monoisotopic (exact) mass is 397 g/mol. The lowest BCUT2D eigenvalue weighted by atomic mass is 9.73. The maximum Gasteiger partial charge on any atom is 0.339 e. The Morgan fingerprint density at radius 3 is 2.39 bits per heavy atom. The average molecular weight is 399 g/mol. The SMILES string of the molecule is O=S(=O)(OCC(Cl)(Cl)Cl)N1C[C@H](c2ccccc2)CC12CCC2. The molecule has 0 bridgehead atoms. The quantitative estimate of drug-likeness (QED) is 0.719. The summed E-state index contributed by atoms with van der Waals surface area (Å²) in [4.78, 5) is 0. The van der Waals surface area contributed by atoms with Crippen molar-refractivity contribution < 1.29 is 12.6 Å². The molecular weight excluding hydrogens is 381 g/mol. The lowest BCUT2D eigenvalue weighted by Crippen LogP contribution is -2.52. The first-order valence-corrected chi connectivity index (χ1v) is 10.0. The molecule has 0 radical (unpaired) electrons. The number of hydrogen-bond acceptors (Lipinski definition) is 3. The summed E-state index contributed by atoms with van der Waals surface area (Å²) >= 11 is 16.8. The van der Waals surface area contributed by atoms with E-state index in [0.29, 0.717) is 6.54 Å². The summed E-state index contributed by atoms with van der Waals surface area (Å²) in [6, 6.07) is 9.97. The molecule has 23 heavy (non-hydrogen) atoms. The number of hydrogen-bond donors (Lipinski definition) is 0. The molecule has 1 atom stereocenters. The van der Waals surface area contributed by atoms with Crippen molar-refractivity contribution in [3.63, 3.8) is 0 Å². The van der Waals surface area contributed by atoms with Gasteiger partial charge in [-0.05, 0) is 37.2 Å². The molecule has 8 heteroatoms. The minimum Gasteiger partial charge on any atom is -0.253 e. The maximum absolute atomic E-state index is 12.6. The van der Waals surface area contributed by atoms with E-state index in [2.05, 4.69) is 0 Å². The summed E-state index contributed by atoms with van der Waals surface area (Å²) in [5.41, 5.74) is 0.810. The van der Waals surface area contributed by atoms with E-state index in [1.54, 1.807) is 0 Å². The number of alkyl halides is 3. The zero-order valence-electron chi connectivity index (χ0n) is 12.4. The van der Waals surface area contributed by atoms with Gasteiger partial charge in [0.1, 0.15) is 6.61 Å². The lowest BCUT2D eigenvalue weighted by molar-refractivity contribution is 0.111. The molecule has 2 fully saturated rings. The fourth-order valence-corrected chi connectivity index (χ4v) is 5.44. The van der Waals surface area contributed by atoms with Crippen LogP contribution in [0.5, 0.6) is 0 Å². The van der Waals surface area contributed by atoms with Gasteiger partial charge >= 0.3 is 10.3 Å². The molecule has 1 saturated heterocycles. The van der Waals surface area contributed by atoms with Gasteiger partial charge in [-0.15, -0.1) is 0 Å². The number of halogens is 3. The molecule has 1 aliphatic carbocycles. The number of benzene rings is 1. The highest BCUT2D eigenvalue weighted by atomic mass is 35.6. The number of rotatable bonds is 4. The zero-order valence-corrected chi connectivity index (χ0v) is 15.5. The van der Waals surface area contributed by atoms with Crippen molar-refractivity contribution in [2.24, 2.45) is 0 Å². The summed E-state index contributed by atoms with van der Waals surface area (Å²) in [7, 11) is -3.92. The summed E-state index contributed by atoms with van der Waals surface area (Å²) in [5.74, 6) is 0.169. The Morgan fingerprint density at radius 2 is 1.87 bits per heavy atom. The Balaban J connectivity index is 1.80. The van der Waals surface area contributed by atoms with Crippen LogP contribution in [0.2, 0.25) is 0 Å². The van der Waals surface area contributed by atoms with Crippen molar-refractivity contribution in [3.05, 3.63) is 35.9 Å². The second kappa shape index (κ2) is 6.36. The van der Waals surface area contributed by atoms with Crippen LogP contribution >= 0.6 is 34.8 Å². The van der Waals surface area contributed by atoms with E-state index < -0.39 is 20.7 Å². The Hall–Kier alpha value is -0.0400. The first kappa shape index (κ1) is 17.8. The zero-order chi connectivity index (χ0) is 16.7. The summed E-state index contributed by atoms with van der Waals surface area (Å²) in [6.07, 6.45) is 3.55. The Bertz CT molecular complexity index is 656. The Kier molecular flexibility index (Phi) is 4.91. The van der Waals surface area contributed by atoms with Crippen LogP contribution in [0.4, 0.5) is 0 Å². The number of nitrogens with zero attached hydrogens (tertiary/aromatic N) is 1. The largest absolute Gasteiger partial charge is 0.339 e. The molecule has 0 amide bonds. The summed E-state index contributed by atoms with van der Waals surface area (Å²) < 4.78 is 29.9. The van der Waals surface area contributed by atoms with Crippen molar-refractivity contribution in [2.45, 2.75) is 40.9 Å². The molecule has 1 aromatic carbocycles. The second-order valence-electron chi connectivity index (χ2n) is 6.26. The molecule has 2 aliphatic rings. The standard InChI is InChI=1S/C15H18Cl3NO3S/c16-15(17,18)11-22-23(20,21)19-10-13(9-14(19)7-4-8-14)12-5-2-1-3-6-12/h1-3,5-6,13H,4,7-11H2/t13-/m1/s1. The highest BCUT2D eigenvalue weighted by Gasteiger charge is 2.55. The molecule has 4 nitrogen and oxygen atoms in total. The van der Waals surface area contributed by atoms with Gasteiger partial charge in [-0.2, -0.15) is 12.7 Å². The van der Waals surface area contributed by atoms with Gasteiger partial charge in [-0.1, -0.05) is 65.1 Å². The maximum atomic E-state index is 12.6. The van der Waals surface area contributed by atoms with Gasteiger partial charge in [0.05, 0.1) is 0 Å². The van der Waals surface area contributed by atoms with E-state index >= 15 is 0 Å². The van der Waals surface area contributed by atoms with Crippen molar-refractivity contribution >= 4 is 45.1 Å². The predicted molar refractivity (Wildman–Crippen MR) is 92.2 cm³/mol. The van der Waals surface area contributed by atoms with Crippen LogP contribution in [0.3, 0.4) is 0 Å². The molecule has 1 saturated carbocycles. The van der Waals surface area contributed by atoms with Crippen LogP contribution in [-0.2, 0) is 14.5 Å². The molecular formula is C15H18Cl3NO3S. The van der Waals surface area contributed by atoms with Crippen LogP contribution in [-0.4, -0.2) is 35.2 Å². The highest BCUT2D eigenvalue weighted by Crippen LogP contribution is 2.51. The molecule has 0 unspecified atom stereocenters. The molecule has 1 spiro atoms. The van der Waals surface area contributed by atoms with Crippen LogP contribution in [0.25, 0.3) is 0 Å². The average Bonchev–Trinajstić information content (AvgIpc) is 2.87. The Morgan fingerprint density at radius 1 is 1.22 bits per heavy atom. The minimum atomic E-state index is -3.92. The normalized spacial score (nSPS) is 24.7. The molecule has 128 valence electrons. The second-order valence-corrected chi connectivity index (χ2v) is 10.3. The molecule has 0 aromatic heterocycles. The van der Waals surface area contributed by atoms with Crippen LogP contribution < -0.4 is 0 Å². The van der Waals surface area contributed by atoms with Gasteiger partial charge < -0.3 is 0 Å². The fourth-order valence-electron chi connectivity index (χ4n) is 3.54. The van der Waals surface area contributed by atoms with E-state index in [4.69, 9.17) is 39.0 Å². The van der Waals surface area contributed by atoms with Gasteiger partial charge in [-0.3, -0.25) is 4.18 Å². The van der Waals surface area contributed by atoms with E-state index in [1.165, 1.54) is 4.31 Å². The van der Waals surface area contributed by atoms with Gasteiger partial charge in [0.25, 0.3) is 0 Å². The topological polar surface area (TPSA) is 46.6 Å². The van der Waals surface area contributed by atoms with E-state index in [1.807, 2.05) is 30.3 Å². The first-order chi connectivity index (χ1) is 10.7. The van der Waals surface area contributed by atoms with Gasteiger partial charge in [0, 0.05) is 12.1 Å². The predicted octanol–water partition coefficient (Wildman–Crippen LogP) is 4.03. The van der Waals surface area contributed by atoms with E-state index in [-0.39, 0.29) is 11.5 Å². The van der Waals surface area contributed by atoms with Crippen molar-refractivity contribution in [1.29, 1.82) is 0 Å². The van der Waals surface area contributed by atoms with Crippen molar-refractivity contribution in [2.75, 3.05) is 13.2 Å². The van der Waals surface area contributed by atoms with Gasteiger partial charge in [0.15, 0.2) is 0 Å². The van der Waals surface area contributed by atoms with E-state index in [0.717, 1.165) is 31.2 Å². The molecule has 0 N–H and O–H groups in total. The van der Waals surface area contributed by atoms with Gasteiger partial charge in [0.2, 0.25) is 3.79 Å². The molecule has 1 aliphatic heterocycles. The fraction of sp³-hybridized carbons (Fsp3) is 0.600. The third kappa shape index (κ3) is 3.80. The third-order valence-corrected chi connectivity index (χ3v) is 6.56. The van der Waals surface area contributed by atoms with Crippen molar-refractivity contribution in [1.82, 2.24) is 4.31 Å². The molecule has 3 rings (SSSR count). The van der Waals surface area contributed by atoms with Crippen LogP contribution in [0, 0.1) is 0 Å². The molecule has 1 heterocycles. The lowest BCUT2D eigenvalue weighted by Gasteiger charge is -2.44. The van der Waals surface area contributed by atoms with Gasteiger partial charge in [-0.25, -0.2) is 0 Å². The minimum absolute atomic E-state index is 0.169. The highest BCUT2D eigenvalue weighted by molar-refractivity contribution is 7.84. The summed E-state index contributed by atoms with van der Waals surface area (Å²) in [6.45, 7) is -0.0746.